The topological polar surface area (TPSA) is 62.2 Å². The number of hydrogen-bond acceptors (Lipinski definition) is 7. The van der Waals surface area contributed by atoms with Gasteiger partial charge in [-0.15, -0.1) is 0 Å². The molecule has 0 N–H and O–H groups in total. The van der Waals surface area contributed by atoms with Crippen LogP contribution in [0.3, 0.4) is 0 Å². The maximum atomic E-state index is 12.8. The Balaban J connectivity index is 1.33. The van der Waals surface area contributed by atoms with Crippen molar-refractivity contribution in [1.82, 2.24) is 19.9 Å². The fourth-order valence-corrected chi connectivity index (χ4v) is 5.10. The van der Waals surface area contributed by atoms with Gasteiger partial charge in [-0.1, -0.05) is 47.8 Å². The zero-order valence-corrected chi connectivity index (χ0v) is 18.4. The van der Waals surface area contributed by atoms with Gasteiger partial charge in [-0.2, -0.15) is 0 Å². The zero-order chi connectivity index (χ0) is 20.8. The zero-order valence-electron chi connectivity index (χ0n) is 16.8. The molecule has 6 nitrogen and oxygen atoms in total. The monoisotopic (exact) mass is 437 g/mol. The van der Waals surface area contributed by atoms with Crippen molar-refractivity contribution in [3.05, 3.63) is 66.6 Å². The van der Waals surface area contributed by atoms with Crippen molar-refractivity contribution in [3.8, 4) is 0 Å². The summed E-state index contributed by atoms with van der Waals surface area (Å²) in [5.74, 6) is 1.47. The van der Waals surface area contributed by atoms with Crippen LogP contribution in [0.2, 0.25) is 0 Å². The second kappa shape index (κ2) is 9.95. The van der Waals surface area contributed by atoms with Crippen LogP contribution in [0, 0.1) is 6.92 Å². The molecule has 3 aromatic rings. The van der Waals surface area contributed by atoms with Gasteiger partial charge in [-0.05, 0) is 30.7 Å². The molecule has 1 aliphatic rings. The van der Waals surface area contributed by atoms with E-state index in [0.29, 0.717) is 18.8 Å². The Morgan fingerprint density at radius 1 is 0.900 bits per heavy atom. The second-order valence-electron chi connectivity index (χ2n) is 6.88. The largest absolute Gasteiger partial charge is 0.353 e. The molecule has 0 radical (unpaired) electrons. The molecule has 30 heavy (non-hydrogen) atoms. The van der Waals surface area contributed by atoms with Gasteiger partial charge >= 0.3 is 0 Å². The van der Waals surface area contributed by atoms with E-state index in [1.54, 1.807) is 30.4 Å². The van der Waals surface area contributed by atoms with Crippen LogP contribution in [0.25, 0.3) is 0 Å². The van der Waals surface area contributed by atoms with Crippen LogP contribution in [0.15, 0.2) is 76.0 Å². The van der Waals surface area contributed by atoms with E-state index in [-0.39, 0.29) is 5.91 Å². The lowest BCUT2D eigenvalue weighted by Crippen LogP contribution is -2.49. The molecule has 0 spiro atoms. The highest BCUT2D eigenvalue weighted by Gasteiger charge is 2.22. The molecule has 1 saturated heterocycles. The maximum Gasteiger partial charge on any atom is 0.233 e. The lowest BCUT2D eigenvalue weighted by Gasteiger charge is -2.35. The maximum absolute atomic E-state index is 12.8. The third-order valence-electron chi connectivity index (χ3n) is 4.87. The summed E-state index contributed by atoms with van der Waals surface area (Å²) in [7, 11) is 0. The number of benzene rings is 1. The SMILES string of the molecule is Cc1ccccc1Sc1nccnc1SCC(=O)N1CCN(c2ccccn2)CC1. The minimum Gasteiger partial charge on any atom is -0.353 e. The van der Waals surface area contributed by atoms with Crippen LogP contribution in [0.1, 0.15) is 5.56 Å². The molecule has 1 aromatic carbocycles. The van der Waals surface area contributed by atoms with E-state index in [2.05, 4.69) is 38.9 Å². The number of aromatic nitrogens is 3. The number of rotatable bonds is 6. The van der Waals surface area contributed by atoms with Gasteiger partial charge in [0.15, 0.2) is 0 Å². The normalized spacial score (nSPS) is 14.0. The fraction of sp³-hybridized carbons (Fsp3) is 0.273. The molecular formula is C22H23N5OS2. The van der Waals surface area contributed by atoms with Gasteiger partial charge in [0.1, 0.15) is 15.9 Å². The van der Waals surface area contributed by atoms with Crippen LogP contribution in [-0.2, 0) is 4.79 Å². The highest BCUT2D eigenvalue weighted by atomic mass is 32.2. The van der Waals surface area contributed by atoms with E-state index in [9.17, 15) is 4.79 Å². The van der Waals surface area contributed by atoms with Gasteiger partial charge in [0.25, 0.3) is 0 Å². The number of hydrogen-bond donors (Lipinski definition) is 0. The summed E-state index contributed by atoms with van der Waals surface area (Å²) in [6.07, 6.45) is 5.18. The van der Waals surface area contributed by atoms with Crippen molar-refractivity contribution in [1.29, 1.82) is 0 Å². The van der Waals surface area contributed by atoms with E-state index in [0.717, 1.165) is 33.9 Å². The third kappa shape index (κ3) is 5.12. The minimum absolute atomic E-state index is 0.137. The summed E-state index contributed by atoms with van der Waals surface area (Å²) in [5.41, 5.74) is 1.20. The minimum atomic E-state index is 0.137. The lowest BCUT2D eigenvalue weighted by atomic mass is 10.2. The standard InChI is InChI=1S/C22H23N5OS2/c1-17-6-2-3-7-18(17)30-22-21(24-10-11-25-22)29-16-20(28)27-14-12-26(13-15-27)19-8-4-5-9-23-19/h2-11H,12-16H2,1H3. The van der Waals surface area contributed by atoms with Crippen molar-refractivity contribution >= 4 is 35.2 Å². The predicted molar refractivity (Wildman–Crippen MR) is 121 cm³/mol. The average Bonchev–Trinajstić information content (AvgIpc) is 2.80. The number of carbonyl (C=O) groups is 1. The second-order valence-corrected chi connectivity index (χ2v) is 8.87. The molecule has 0 unspecified atom stereocenters. The van der Waals surface area contributed by atoms with E-state index >= 15 is 0 Å². The van der Waals surface area contributed by atoms with Crippen LogP contribution < -0.4 is 4.90 Å². The summed E-state index contributed by atoms with van der Waals surface area (Å²) in [5, 5.41) is 1.63. The van der Waals surface area contributed by atoms with Crippen LogP contribution in [0.5, 0.6) is 0 Å². The Labute approximate surface area is 185 Å². The molecular weight excluding hydrogens is 414 g/mol. The number of aryl methyl sites for hydroxylation is 1. The van der Waals surface area contributed by atoms with Crippen molar-refractivity contribution in [3.63, 3.8) is 0 Å². The molecule has 1 aliphatic heterocycles. The number of thioether (sulfide) groups is 1. The van der Waals surface area contributed by atoms with Gasteiger partial charge < -0.3 is 9.80 Å². The Morgan fingerprint density at radius 2 is 1.63 bits per heavy atom. The van der Waals surface area contributed by atoms with Gasteiger partial charge in [-0.25, -0.2) is 15.0 Å². The number of amides is 1. The highest BCUT2D eigenvalue weighted by molar-refractivity contribution is 8.02. The van der Waals surface area contributed by atoms with Crippen molar-refractivity contribution in [2.24, 2.45) is 0 Å². The molecule has 0 atom stereocenters. The Hall–Kier alpha value is -2.58. The fourth-order valence-electron chi connectivity index (χ4n) is 3.20. The summed E-state index contributed by atoms with van der Waals surface area (Å²) in [4.78, 5) is 31.4. The summed E-state index contributed by atoms with van der Waals surface area (Å²) < 4.78 is 0. The number of nitrogens with zero attached hydrogens (tertiary/aromatic N) is 5. The molecule has 0 saturated carbocycles. The molecule has 0 aliphatic carbocycles. The molecule has 2 aromatic heterocycles. The van der Waals surface area contributed by atoms with Gasteiger partial charge in [0.2, 0.25) is 5.91 Å². The first-order chi connectivity index (χ1) is 14.7. The summed E-state index contributed by atoms with van der Waals surface area (Å²) >= 11 is 3.05. The summed E-state index contributed by atoms with van der Waals surface area (Å²) in [6.45, 7) is 5.10. The molecule has 0 bridgehead atoms. The van der Waals surface area contributed by atoms with Crippen molar-refractivity contribution in [2.75, 3.05) is 36.8 Å². The number of piperazine rings is 1. The first kappa shape index (κ1) is 20.7. The smallest absolute Gasteiger partial charge is 0.233 e. The molecule has 8 heteroatoms. The first-order valence-corrected chi connectivity index (χ1v) is 11.6. The third-order valence-corrected chi connectivity index (χ3v) is 7.13. The molecule has 3 heterocycles. The predicted octanol–water partition coefficient (Wildman–Crippen LogP) is 3.77. The first-order valence-electron chi connectivity index (χ1n) is 9.82. The van der Waals surface area contributed by atoms with E-state index < -0.39 is 0 Å². The Kier molecular flexibility index (Phi) is 6.86. The molecule has 1 amide bonds. The average molecular weight is 438 g/mol. The Bertz CT molecular complexity index is 994. The van der Waals surface area contributed by atoms with E-state index in [1.165, 1.54) is 17.3 Å². The van der Waals surface area contributed by atoms with E-state index in [4.69, 9.17) is 0 Å². The number of carbonyl (C=O) groups excluding carboxylic acids is 1. The van der Waals surface area contributed by atoms with Gasteiger partial charge in [0.05, 0.1) is 5.75 Å². The Morgan fingerprint density at radius 3 is 2.37 bits per heavy atom. The lowest BCUT2D eigenvalue weighted by molar-refractivity contribution is -0.128. The highest BCUT2D eigenvalue weighted by Crippen LogP contribution is 2.34. The number of anilines is 1. The molecule has 1 fully saturated rings. The van der Waals surface area contributed by atoms with E-state index in [1.807, 2.05) is 35.2 Å². The van der Waals surface area contributed by atoms with Crippen LogP contribution >= 0.6 is 23.5 Å². The van der Waals surface area contributed by atoms with Gasteiger partial charge in [-0.3, -0.25) is 4.79 Å². The number of pyridine rings is 1. The van der Waals surface area contributed by atoms with Crippen LogP contribution in [-0.4, -0.2) is 57.7 Å². The molecule has 4 rings (SSSR count). The summed E-state index contributed by atoms with van der Waals surface area (Å²) in [6, 6.07) is 14.1. The quantitative estimate of drug-likeness (QED) is 0.544. The molecule has 154 valence electrons. The van der Waals surface area contributed by atoms with Gasteiger partial charge in [0, 0.05) is 49.7 Å². The van der Waals surface area contributed by atoms with Crippen molar-refractivity contribution in [2.45, 2.75) is 21.9 Å². The van der Waals surface area contributed by atoms with Crippen LogP contribution in [0.4, 0.5) is 5.82 Å². The van der Waals surface area contributed by atoms with Crippen molar-refractivity contribution < 1.29 is 4.79 Å².